The number of carbonyl (C=O) groups excluding carboxylic acids is 2. The highest BCUT2D eigenvalue weighted by atomic mass is 16.5. The van der Waals surface area contributed by atoms with Crippen LogP contribution in [0.3, 0.4) is 0 Å². The van der Waals surface area contributed by atoms with Crippen molar-refractivity contribution in [2.45, 2.75) is 91.0 Å². The second kappa shape index (κ2) is 7.33. The molecule has 0 spiro atoms. The first kappa shape index (κ1) is 22.3. The van der Waals surface area contributed by atoms with Gasteiger partial charge in [-0.15, -0.1) is 0 Å². The number of hydrogen-bond acceptors (Lipinski definition) is 4. The molecule has 1 amide bonds. The zero-order chi connectivity index (χ0) is 22.8. The van der Waals surface area contributed by atoms with Gasteiger partial charge < -0.3 is 16.2 Å². The quantitative estimate of drug-likeness (QED) is 0.558. The summed E-state index contributed by atoms with van der Waals surface area (Å²) in [5, 5.41) is 0. The van der Waals surface area contributed by atoms with Gasteiger partial charge in [0.15, 0.2) is 0 Å². The van der Waals surface area contributed by atoms with E-state index < -0.39 is 17.9 Å². The van der Waals surface area contributed by atoms with Crippen LogP contribution in [0.4, 0.5) is 0 Å². The Hall–Kier alpha value is -1.88. The first-order chi connectivity index (χ1) is 14.4. The maximum Gasteiger partial charge on any atom is 0.328 e. The second-order valence-corrected chi connectivity index (χ2v) is 11.6. The Morgan fingerprint density at radius 1 is 1.13 bits per heavy atom. The van der Waals surface area contributed by atoms with E-state index in [1.54, 1.807) is 0 Å². The Labute approximate surface area is 186 Å². The van der Waals surface area contributed by atoms with Crippen molar-refractivity contribution in [1.29, 1.82) is 0 Å². The lowest BCUT2D eigenvalue weighted by Gasteiger charge is -2.61. The van der Waals surface area contributed by atoms with Crippen molar-refractivity contribution in [3.63, 3.8) is 0 Å². The molecule has 31 heavy (non-hydrogen) atoms. The van der Waals surface area contributed by atoms with Crippen molar-refractivity contribution in [2.75, 3.05) is 0 Å². The Kier molecular flexibility index (Phi) is 5.28. The molecule has 5 atom stereocenters. The summed E-state index contributed by atoms with van der Waals surface area (Å²) in [5.41, 5.74) is 15.8. The van der Waals surface area contributed by atoms with Crippen molar-refractivity contribution < 1.29 is 14.3 Å². The lowest BCUT2D eigenvalue weighted by Crippen LogP contribution is -2.55. The number of amides is 1. The third kappa shape index (κ3) is 3.49. The molecule has 0 radical (unpaired) electrons. The number of rotatable bonds is 4. The number of primary amides is 1. The van der Waals surface area contributed by atoms with Gasteiger partial charge >= 0.3 is 5.97 Å². The summed E-state index contributed by atoms with van der Waals surface area (Å²) in [7, 11) is 0. The van der Waals surface area contributed by atoms with Gasteiger partial charge in [0.1, 0.15) is 11.8 Å². The van der Waals surface area contributed by atoms with Crippen LogP contribution in [0.25, 0.3) is 0 Å². The summed E-state index contributed by atoms with van der Waals surface area (Å²) < 4.78 is 5.56. The number of esters is 1. The number of ether oxygens (including phenoxy) is 1. The van der Waals surface area contributed by atoms with Gasteiger partial charge in [-0.3, -0.25) is 4.79 Å². The molecule has 0 saturated heterocycles. The zero-order valence-corrected chi connectivity index (χ0v) is 19.7. The normalized spacial score (nSPS) is 34.3. The van der Waals surface area contributed by atoms with E-state index in [4.69, 9.17) is 16.2 Å². The van der Waals surface area contributed by atoms with Crippen LogP contribution in [0, 0.1) is 29.6 Å². The van der Waals surface area contributed by atoms with Crippen LogP contribution >= 0.6 is 0 Å². The standard InChI is InChI=1S/C26H38N2O3/c1-15-11-17(31-23(30)18(27)14-21(28)29)12-16-13-20-25(4)9-6-8-24(2,3)19(25)7-10-26(20,5)22(15)16/h11-12,18-20H,6-10,13-14,27H2,1-5H3,(H2,28,29)/t18?,19?,20-,25+,26?/m1/s1. The van der Waals surface area contributed by atoms with Gasteiger partial charge in [0.25, 0.3) is 0 Å². The summed E-state index contributed by atoms with van der Waals surface area (Å²) in [6.07, 6.45) is 7.27. The zero-order valence-electron chi connectivity index (χ0n) is 19.7. The van der Waals surface area contributed by atoms with Crippen molar-refractivity contribution >= 4 is 11.9 Å². The molecule has 0 bridgehead atoms. The summed E-state index contributed by atoms with van der Waals surface area (Å²) in [4.78, 5) is 23.4. The maximum absolute atomic E-state index is 12.3. The van der Waals surface area contributed by atoms with Crippen molar-refractivity contribution in [1.82, 2.24) is 0 Å². The number of fused-ring (bicyclic) bond motifs is 5. The van der Waals surface area contributed by atoms with Crippen LogP contribution in [0.5, 0.6) is 5.75 Å². The average Bonchev–Trinajstić information content (AvgIpc) is 2.94. The number of aryl methyl sites for hydroxylation is 1. The molecule has 2 saturated carbocycles. The maximum atomic E-state index is 12.3. The fourth-order valence-corrected chi connectivity index (χ4v) is 7.98. The van der Waals surface area contributed by atoms with E-state index in [-0.39, 0.29) is 11.8 Å². The van der Waals surface area contributed by atoms with Gasteiger partial charge in [0, 0.05) is 0 Å². The second-order valence-electron chi connectivity index (χ2n) is 11.6. The van der Waals surface area contributed by atoms with Gasteiger partial charge in [-0.05, 0) is 95.9 Å². The van der Waals surface area contributed by atoms with Gasteiger partial charge in [0.05, 0.1) is 6.42 Å². The Morgan fingerprint density at radius 2 is 1.84 bits per heavy atom. The predicted molar refractivity (Wildman–Crippen MR) is 122 cm³/mol. The van der Waals surface area contributed by atoms with Crippen molar-refractivity contribution in [3.05, 3.63) is 28.8 Å². The molecule has 170 valence electrons. The third-order valence-electron chi connectivity index (χ3n) is 9.12. The summed E-state index contributed by atoms with van der Waals surface area (Å²) >= 11 is 0. The fourth-order valence-electron chi connectivity index (χ4n) is 7.98. The lowest BCUT2D eigenvalue weighted by molar-refractivity contribution is -0.137. The SMILES string of the molecule is Cc1cc(OC(=O)C(N)CC(N)=O)cc2c1C1(C)CCC3C(C)(C)CCC[C@]3(C)[C@H]1C2. The van der Waals surface area contributed by atoms with E-state index in [0.29, 0.717) is 22.5 Å². The van der Waals surface area contributed by atoms with Gasteiger partial charge in [0.2, 0.25) is 5.91 Å². The van der Waals surface area contributed by atoms with Gasteiger partial charge in [-0.1, -0.05) is 34.1 Å². The third-order valence-corrected chi connectivity index (χ3v) is 9.12. The lowest BCUT2D eigenvalue weighted by atomic mass is 9.43. The van der Waals surface area contributed by atoms with Crippen LogP contribution in [0.1, 0.15) is 82.9 Å². The van der Waals surface area contributed by atoms with E-state index in [9.17, 15) is 9.59 Å². The molecule has 0 heterocycles. The first-order valence-electron chi connectivity index (χ1n) is 11.8. The predicted octanol–water partition coefficient (Wildman–Crippen LogP) is 4.16. The largest absolute Gasteiger partial charge is 0.425 e. The van der Waals surface area contributed by atoms with Gasteiger partial charge in [-0.25, -0.2) is 4.79 Å². The van der Waals surface area contributed by atoms with E-state index in [2.05, 4.69) is 34.6 Å². The highest BCUT2D eigenvalue weighted by molar-refractivity contribution is 5.85. The summed E-state index contributed by atoms with van der Waals surface area (Å²) in [6.45, 7) is 12.1. The van der Waals surface area contributed by atoms with E-state index in [1.165, 1.54) is 48.8 Å². The van der Waals surface area contributed by atoms with E-state index in [1.807, 2.05) is 12.1 Å². The number of benzene rings is 1. The van der Waals surface area contributed by atoms with Crippen LogP contribution in [0.15, 0.2) is 12.1 Å². The molecule has 0 aliphatic heterocycles. The summed E-state index contributed by atoms with van der Waals surface area (Å²) in [5.74, 6) is 0.667. The van der Waals surface area contributed by atoms with Gasteiger partial charge in [-0.2, -0.15) is 0 Å². The van der Waals surface area contributed by atoms with Crippen LogP contribution in [-0.4, -0.2) is 17.9 Å². The molecule has 3 unspecified atom stereocenters. The molecule has 5 heteroatoms. The molecule has 5 nitrogen and oxygen atoms in total. The van der Waals surface area contributed by atoms with Crippen molar-refractivity contribution in [3.8, 4) is 5.75 Å². The van der Waals surface area contributed by atoms with Crippen LogP contribution in [0.2, 0.25) is 0 Å². The minimum atomic E-state index is -1.03. The number of carbonyl (C=O) groups is 2. The smallest absolute Gasteiger partial charge is 0.328 e. The summed E-state index contributed by atoms with van der Waals surface area (Å²) in [6, 6.07) is 2.96. The number of nitrogens with two attached hydrogens (primary N) is 2. The molecule has 1 aromatic carbocycles. The molecule has 0 aromatic heterocycles. The van der Waals surface area contributed by atoms with Crippen LogP contribution < -0.4 is 16.2 Å². The van der Waals surface area contributed by atoms with Crippen molar-refractivity contribution in [2.24, 2.45) is 34.1 Å². The van der Waals surface area contributed by atoms with Crippen LogP contribution in [-0.2, 0) is 21.4 Å². The Bertz CT molecular complexity index is 923. The molecule has 1 aromatic rings. The monoisotopic (exact) mass is 426 g/mol. The van der Waals surface area contributed by atoms with E-state index >= 15 is 0 Å². The minimum absolute atomic E-state index is 0.170. The fraction of sp³-hybridized carbons (Fsp3) is 0.692. The minimum Gasteiger partial charge on any atom is -0.425 e. The molecular weight excluding hydrogens is 388 g/mol. The highest BCUT2D eigenvalue weighted by Gasteiger charge is 2.61. The molecular formula is C26H38N2O3. The Morgan fingerprint density at radius 3 is 2.52 bits per heavy atom. The Balaban J connectivity index is 1.65. The number of hydrogen-bond donors (Lipinski definition) is 2. The highest BCUT2D eigenvalue weighted by Crippen LogP contribution is 2.67. The molecule has 3 aliphatic rings. The molecule has 2 fully saturated rings. The molecule has 4 N–H and O–H groups in total. The topological polar surface area (TPSA) is 95.4 Å². The first-order valence-corrected chi connectivity index (χ1v) is 11.8. The molecule has 3 aliphatic carbocycles. The average molecular weight is 427 g/mol. The molecule has 4 rings (SSSR count). The van der Waals surface area contributed by atoms with E-state index in [0.717, 1.165) is 12.3 Å².